The highest BCUT2D eigenvalue weighted by molar-refractivity contribution is 7.14. The van der Waals surface area contributed by atoms with Crippen molar-refractivity contribution in [3.8, 4) is 22.4 Å². The monoisotopic (exact) mass is 437 g/mol. The van der Waals surface area contributed by atoms with Crippen molar-refractivity contribution in [3.05, 3.63) is 93.8 Å². The van der Waals surface area contributed by atoms with E-state index in [9.17, 15) is 0 Å². The fourth-order valence-corrected chi connectivity index (χ4v) is 3.80. The minimum absolute atomic E-state index is 0.509. The number of rotatable bonds is 5. The normalized spacial score (nSPS) is 11.5. The van der Waals surface area contributed by atoms with Gasteiger partial charge in [-0.1, -0.05) is 83.9 Å². The van der Waals surface area contributed by atoms with E-state index in [0.717, 1.165) is 27.7 Å². The van der Waals surface area contributed by atoms with E-state index in [2.05, 4.69) is 51.9 Å². The zero-order valence-electron chi connectivity index (χ0n) is 15.6. The molecule has 0 saturated carbocycles. The Morgan fingerprint density at radius 1 is 0.862 bits per heavy atom. The van der Waals surface area contributed by atoms with Gasteiger partial charge >= 0.3 is 0 Å². The highest BCUT2D eigenvalue weighted by Gasteiger charge is 2.06. The number of hydrogen-bond donors (Lipinski definition) is 1. The Labute approximate surface area is 183 Å². The lowest BCUT2D eigenvalue weighted by Gasteiger charge is -2.03. The summed E-state index contributed by atoms with van der Waals surface area (Å²) >= 11 is 13.6. The summed E-state index contributed by atoms with van der Waals surface area (Å²) in [6.07, 6.45) is 0. The molecule has 0 spiro atoms. The molecule has 0 atom stereocenters. The predicted octanol–water partition coefficient (Wildman–Crippen LogP) is 7.62. The molecule has 0 aliphatic carbocycles. The topological polar surface area (TPSA) is 37.3 Å². The average molecular weight is 438 g/mol. The lowest BCUT2D eigenvalue weighted by molar-refractivity contribution is 1.27. The largest absolute Gasteiger partial charge is 0.252 e. The predicted molar refractivity (Wildman–Crippen MR) is 125 cm³/mol. The number of hydrazone groups is 1. The van der Waals surface area contributed by atoms with Crippen LogP contribution in [-0.2, 0) is 0 Å². The van der Waals surface area contributed by atoms with Crippen molar-refractivity contribution in [3.63, 3.8) is 0 Å². The van der Waals surface area contributed by atoms with Gasteiger partial charge in [0, 0.05) is 10.9 Å². The molecule has 4 aromatic rings. The van der Waals surface area contributed by atoms with E-state index in [1.165, 1.54) is 22.5 Å². The van der Waals surface area contributed by atoms with Crippen molar-refractivity contribution in [1.82, 2.24) is 4.98 Å². The number of nitrogens with zero attached hydrogens (tertiary/aromatic N) is 2. The van der Waals surface area contributed by atoms with Gasteiger partial charge in [0.15, 0.2) is 0 Å². The smallest absolute Gasteiger partial charge is 0.203 e. The van der Waals surface area contributed by atoms with Gasteiger partial charge < -0.3 is 0 Å². The van der Waals surface area contributed by atoms with Crippen LogP contribution in [0, 0.1) is 0 Å². The Bertz CT molecular complexity index is 1150. The molecule has 3 nitrogen and oxygen atoms in total. The Morgan fingerprint density at radius 3 is 2.28 bits per heavy atom. The van der Waals surface area contributed by atoms with Crippen LogP contribution in [0.2, 0.25) is 10.0 Å². The number of nitrogens with one attached hydrogen (secondary N) is 1. The first-order chi connectivity index (χ1) is 14.1. The van der Waals surface area contributed by atoms with Gasteiger partial charge in [-0.05, 0) is 35.7 Å². The number of hydrogen-bond acceptors (Lipinski definition) is 4. The van der Waals surface area contributed by atoms with Crippen LogP contribution < -0.4 is 5.43 Å². The molecule has 1 heterocycles. The average Bonchev–Trinajstić information content (AvgIpc) is 3.24. The molecule has 0 unspecified atom stereocenters. The Kier molecular flexibility index (Phi) is 5.95. The zero-order valence-corrected chi connectivity index (χ0v) is 17.9. The van der Waals surface area contributed by atoms with Gasteiger partial charge in [0.05, 0.1) is 21.5 Å². The third kappa shape index (κ3) is 4.67. The minimum atomic E-state index is 0.509. The van der Waals surface area contributed by atoms with Crippen molar-refractivity contribution in [2.24, 2.45) is 5.10 Å². The summed E-state index contributed by atoms with van der Waals surface area (Å²) in [5.41, 5.74) is 9.10. The second-order valence-corrected chi connectivity index (χ2v) is 8.09. The molecule has 0 radical (unpaired) electrons. The number of aromatic nitrogens is 1. The quantitative estimate of drug-likeness (QED) is 0.257. The van der Waals surface area contributed by atoms with E-state index < -0.39 is 0 Å². The van der Waals surface area contributed by atoms with E-state index >= 15 is 0 Å². The first-order valence-electron chi connectivity index (χ1n) is 8.97. The third-order valence-corrected chi connectivity index (χ3v) is 5.93. The number of anilines is 1. The molecule has 29 heavy (non-hydrogen) atoms. The lowest BCUT2D eigenvalue weighted by Crippen LogP contribution is -1.99. The third-order valence-electron chi connectivity index (χ3n) is 4.45. The number of halogens is 2. The summed E-state index contributed by atoms with van der Waals surface area (Å²) in [5, 5.41) is 8.19. The number of thiazole rings is 1. The lowest BCUT2D eigenvalue weighted by atomic mass is 10.0. The molecular formula is C23H17Cl2N3S. The maximum atomic E-state index is 6.08. The highest BCUT2D eigenvalue weighted by atomic mass is 35.5. The van der Waals surface area contributed by atoms with Crippen LogP contribution in [0.15, 0.2) is 83.3 Å². The summed E-state index contributed by atoms with van der Waals surface area (Å²) < 4.78 is 0. The summed E-state index contributed by atoms with van der Waals surface area (Å²) in [6, 6.07) is 24.2. The summed E-state index contributed by atoms with van der Waals surface area (Å²) in [5.74, 6) is 0. The molecule has 0 bridgehead atoms. The molecular weight excluding hydrogens is 421 g/mol. The van der Waals surface area contributed by atoms with Gasteiger partial charge in [0.2, 0.25) is 5.13 Å². The molecule has 4 rings (SSSR count). The maximum absolute atomic E-state index is 6.08. The van der Waals surface area contributed by atoms with Gasteiger partial charge in [0.25, 0.3) is 0 Å². The highest BCUT2D eigenvalue weighted by Crippen LogP contribution is 2.28. The molecule has 0 amide bonds. The molecule has 3 aromatic carbocycles. The van der Waals surface area contributed by atoms with Crippen molar-refractivity contribution in [1.29, 1.82) is 0 Å². The maximum Gasteiger partial charge on any atom is 0.203 e. The molecule has 0 saturated heterocycles. The summed E-state index contributed by atoms with van der Waals surface area (Å²) in [6.45, 7) is 1.91. The van der Waals surface area contributed by atoms with E-state index in [1.807, 2.05) is 36.6 Å². The second kappa shape index (κ2) is 8.78. The minimum Gasteiger partial charge on any atom is -0.252 e. The van der Waals surface area contributed by atoms with Crippen molar-refractivity contribution in [2.45, 2.75) is 6.92 Å². The second-order valence-electron chi connectivity index (χ2n) is 6.42. The van der Waals surface area contributed by atoms with Gasteiger partial charge in [0.1, 0.15) is 0 Å². The molecule has 6 heteroatoms. The van der Waals surface area contributed by atoms with Crippen LogP contribution in [0.25, 0.3) is 22.4 Å². The fraction of sp³-hybridized carbons (Fsp3) is 0.0435. The zero-order chi connectivity index (χ0) is 20.2. The standard InChI is InChI=1S/C23H17Cl2N3S/c1-15(19-11-12-20(24)21(25)13-19)27-28-23-26-22(14-29-23)18-9-7-17(8-10-18)16-5-3-2-4-6-16/h2-14H,1H3,(H,26,28)/b27-15+. The van der Waals surface area contributed by atoms with E-state index in [-0.39, 0.29) is 0 Å². The molecule has 0 aliphatic heterocycles. The van der Waals surface area contributed by atoms with Crippen LogP contribution in [0.1, 0.15) is 12.5 Å². The molecule has 1 aromatic heterocycles. The summed E-state index contributed by atoms with van der Waals surface area (Å²) in [7, 11) is 0. The first-order valence-corrected chi connectivity index (χ1v) is 10.6. The summed E-state index contributed by atoms with van der Waals surface area (Å²) in [4.78, 5) is 4.63. The van der Waals surface area contributed by atoms with E-state index in [4.69, 9.17) is 23.2 Å². The van der Waals surface area contributed by atoms with Crippen molar-refractivity contribution in [2.75, 3.05) is 5.43 Å². The Hall–Kier alpha value is -2.66. The first kappa shape index (κ1) is 19.6. The Balaban J connectivity index is 1.47. The Morgan fingerprint density at radius 2 is 1.55 bits per heavy atom. The van der Waals surface area contributed by atoms with Gasteiger partial charge in [-0.25, -0.2) is 4.98 Å². The van der Waals surface area contributed by atoms with Crippen molar-refractivity contribution < 1.29 is 0 Å². The molecule has 0 aliphatic rings. The van der Waals surface area contributed by atoms with Gasteiger partial charge in [-0.15, -0.1) is 11.3 Å². The van der Waals surface area contributed by atoms with Crippen LogP contribution in [0.3, 0.4) is 0 Å². The fourth-order valence-electron chi connectivity index (χ4n) is 2.84. The van der Waals surface area contributed by atoms with Crippen LogP contribution in [0.5, 0.6) is 0 Å². The molecule has 144 valence electrons. The SMILES string of the molecule is C/C(=N\Nc1nc(-c2ccc(-c3ccccc3)cc2)cs1)c1ccc(Cl)c(Cl)c1. The van der Waals surface area contributed by atoms with Crippen LogP contribution in [0.4, 0.5) is 5.13 Å². The van der Waals surface area contributed by atoms with Gasteiger partial charge in [-0.3, -0.25) is 5.43 Å². The van der Waals surface area contributed by atoms with E-state index in [1.54, 1.807) is 12.1 Å². The van der Waals surface area contributed by atoms with E-state index in [0.29, 0.717) is 10.0 Å². The molecule has 0 fully saturated rings. The van der Waals surface area contributed by atoms with Crippen LogP contribution in [-0.4, -0.2) is 10.7 Å². The number of benzene rings is 3. The van der Waals surface area contributed by atoms with Crippen molar-refractivity contribution >= 4 is 45.4 Å². The van der Waals surface area contributed by atoms with Gasteiger partial charge in [-0.2, -0.15) is 5.10 Å². The van der Waals surface area contributed by atoms with Crippen LogP contribution >= 0.6 is 34.5 Å². The molecule has 1 N–H and O–H groups in total.